The average molecular weight is 384 g/mol. The molecule has 0 radical (unpaired) electrons. The van der Waals surface area contributed by atoms with Gasteiger partial charge in [-0.2, -0.15) is 13.2 Å². The summed E-state index contributed by atoms with van der Waals surface area (Å²) < 4.78 is 38.1. The molecule has 0 bridgehead atoms. The highest BCUT2D eigenvalue weighted by atomic mass is 19.4. The van der Waals surface area contributed by atoms with Gasteiger partial charge in [-0.15, -0.1) is 0 Å². The van der Waals surface area contributed by atoms with Crippen molar-refractivity contribution in [3.05, 3.63) is 33.9 Å². The summed E-state index contributed by atoms with van der Waals surface area (Å²) in [4.78, 5) is 11.1. The molecule has 1 aromatic carbocycles. The molecule has 0 amide bonds. The predicted octanol–water partition coefficient (Wildman–Crippen LogP) is -0.514. The molecule has 0 aliphatic heterocycles. The van der Waals surface area contributed by atoms with Gasteiger partial charge in [0.05, 0.1) is 23.2 Å². The van der Waals surface area contributed by atoms with Crippen molar-refractivity contribution in [1.29, 1.82) is 0 Å². The number of nitro benzene ring substituents is 1. The fraction of sp³-hybridized carbons (Fsp3) is 0.571. The van der Waals surface area contributed by atoms with Crippen LogP contribution in [0, 0.1) is 10.1 Å². The maximum Gasteiger partial charge on any atom is 0.416 e. The number of halogens is 3. The number of benzene rings is 1. The van der Waals surface area contributed by atoms with Gasteiger partial charge in [-0.3, -0.25) is 10.1 Å². The maximum atomic E-state index is 12.7. The lowest BCUT2D eigenvalue weighted by molar-refractivity contribution is -0.384. The molecule has 4 atom stereocenters. The zero-order chi connectivity index (χ0) is 20.2. The molecular weight excluding hydrogens is 365 g/mol. The smallest absolute Gasteiger partial charge is 0.394 e. The topological polar surface area (TPSA) is 148 Å². The van der Waals surface area contributed by atoms with Crippen LogP contribution in [-0.4, -0.2) is 75.1 Å². The molecule has 0 saturated carbocycles. The highest BCUT2D eigenvalue weighted by Crippen LogP contribution is 2.36. The molecule has 26 heavy (non-hydrogen) atoms. The van der Waals surface area contributed by atoms with Gasteiger partial charge < -0.3 is 30.4 Å². The molecule has 1 rings (SSSR count). The molecule has 0 fully saturated rings. The van der Waals surface area contributed by atoms with Crippen molar-refractivity contribution in [2.24, 2.45) is 0 Å². The highest BCUT2D eigenvalue weighted by molar-refractivity contribution is 5.64. The first-order chi connectivity index (χ1) is 11.9. The van der Waals surface area contributed by atoms with Crippen LogP contribution in [0.1, 0.15) is 5.56 Å². The Kier molecular flexibility index (Phi) is 7.29. The van der Waals surface area contributed by atoms with Gasteiger partial charge >= 0.3 is 6.18 Å². The second-order valence-electron chi connectivity index (χ2n) is 5.64. The summed E-state index contributed by atoms with van der Waals surface area (Å²) in [6, 6.07) is 1.82. The zero-order valence-electron chi connectivity index (χ0n) is 13.5. The van der Waals surface area contributed by atoms with E-state index in [-0.39, 0.29) is 5.69 Å². The van der Waals surface area contributed by atoms with Crippen molar-refractivity contribution in [1.82, 2.24) is 0 Å². The minimum atomic E-state index is -4.78. The van der Waals surface area contributed by atoms with E-state index in [1.54, 1.807) is 0 Å². The van der Waals surface area contributed by atoms with Gasteiger partial charge in [0.25, 0.3) is 5.69 Å². The number of likely N-dealkylation sites (N-methyl/N-ethyl adjacent to an activating group) is 1. The molecule has 0 saturated heterocycles. The summed E-state index contributed by atoms with van der Waals surface area (Å²) in [5.74, 6) is 0. The van der Waals surface area contributed by atoms with Crippen LogP contribution in [0.5, 0.6) is 0 Å². The Labute approximate surface area is 145 Å². The van der Waals surface area contributed by atoms with Crippen molar-refractivity contribution in [3.8, 4) is 0 Å². The molecule has 12 heteroatoms. The molecule has 0 aliphatic rings. The molecule has 148 valence electrons. The van der Waals surface area contributed by atoms with Crippen LogP contribution in [0.15, 0.2) is 18.2 Å². The molecule has 5 N–H and O–H groups in total. The molecule has 9 nitrogen and oxygen atoms in total. The Bertz CT molecular complexity index is 629. The van der Waals surface area contributed by atoms with E-state index in [0.717, 1.165) is 11.0 Å². The summed E-state index contributed by atoms with van der Waals surface area (Å²) in [7, 11) is 1.22. The van der Waals surface area contributed by atoms with E-state index in [9.17, 15) is 43.7 Å². The monoisotopic (exact) mass is 384 g/mol. The third kappa shape index (κ3) is 5.25. The van der Waals surface area contributed by atoms with Crippen LogP contribution in [0.2, 0.25) is 0 Å². The van der Waals surface area contributed by atoms with Crippen LogP contribution >= 0.6 is 0 Å². The number of anilines is 1. The van der Waals surface area contributed by atoms with Gasteiger partial charge in [-0.1, -0.05) is 0 Å². The van der Waals surface area contributed by atoms with E-state index < -0.39 is 59.9 Å². The first-order valence-corrected chi connectivity index (χ1v) is 7.30. The lowest BCUT2D eigenvalue weighted by Crippen LogP contribution is -2.49. The van der Waals surface area contributed by atoms with Crippen LogP contribution in [0.4, 0.5) is 24.5 Å². The van der Waals surface area contributed by atoms with E-state index in [0.29, 0.717) is 12.1 Å². The SMILES string of the molecule is CN(C[C@H](O)[C@H](O)[C@H](O)[C@@H](O)CO)c1ccc(C(F)(F)F)cc1[N+](=O)[O-]. The molecule has 0 spiro atoms. The van der Waals surface area contributed by atoms with E-state index in [1.165, 1.54) is 7.05 Å². The minimum Gasteiger partial charge on any atom is -0.394 e. The van der Waals surface area contributed by atoms with Crippen molar-refractivity contribution < 1.29 is 43.6 Å². The van der Waals surface area contributed by atoms with E-state index in [4.69, 9.17) is 5.11 Å². The average Bonchev–Trinajstić information content (AvgIpc) is 2.57. The second kappa shape index (κ2) is 8.60. The summed E-state index contributed by atoms with van der Waals surface area (Å²) >= 11 is 0. The van der Waals surface area contributed by atoms with Crippen molar-refractivity contribution in [2.75, 3.05) is 25.1 Å². The number of alkyl halides is 3. The Balaban J connectivity index is 3.02. The van der Waals surface area contributed by atoms with Crippen LogP contribution < -0.4 is 4.90 Å². The Morgan fingerprint density at radius 1 is 1.15 bits per heavy atom. The number of hydrogen-bond acceptors (Lipinski definition) is 8. The third-order valence-electron chi connectivity index (χ3n) is 3.70. The van der Waals surface area contributed by atoms with Gasteiger partial charge in [0.1, 0.15) is 24.0 Å². The number of hydrogen-bond donors (Lipinski definition) is 5. The standard InChI is InChI=1S/C14H19F3N2O7/c1-18(5-10(21)12(23)13(24)11(22)6-20)8-3-2-7(14(15,16)17)4-9(8)19(25)26/h2-4,10-13,20-24H,5-6H2,1H3/t10-,11-,12-,13+/m0/s1. The minimum absolute atomic E-state index is 0.258. The van der Waals surface area contributed by atoms with Crippen molar-refractivity contribution in [2.45, 2.75) is 30.6 Å². The molecule has 1 aromatic rings. The number of nitro groups is 1. The Morgan fingerprint density at radius 2 is 1.69 bits per heavy atom. The predicted molar refractivity (Wildman–Crippen MR) is 82.5 cm³/mol. The van der Waals surface area contributed by atoms with Gasteiger partial charge in [-0.25, -0.2) is 0 Å². The van der Waals surface area contributed by atoms with Gasteiger partial charge in [0.2, 0.25) is 0 Å². The first-order valence-electron chi connectivity index (χ1n) is 7.30. The lowest BCUT2D eigenvalue weighted by atomic mass is 10.0. The van der Waals surface area contributed by atoms with Crippen molar-refractivity contribution in [3.63, 3.8) is 0 Å². The van der Waals surface area contributed by atoms with E-state index in [1.807, 2.05) is 0 Å². The largest absolute Gasteiger partial charge is 0.416 e. The summed E-state index contributed by atoms with van der Waals surface area (Å²) in [5, 5.41) is 58.2. The number of aliphatic hydroxyl groups excluding tert-OH is 5. The summed E-state index contributed by atoms with van der Waals surface area (Å²) in [5.41, 5.74) is -2.34. The summed E-state index contributed by atoms with van der Waals surface area (Å²) in [6.45, 7) is -1.40. The molecule has 0 heterocycles. The second-order valence-corrected chi connectivity index (χ2v) is 5.64. The lowest BCUT2D eigenvalue weighted by Gasteiger charge is -2.29. The van der Waals surface area contributed by atoms with Gasteiger partial charge in [-0.05, 0) is 12.1 Å². The Hall–Kier alpha value is -1.99. The molecule has 0 aromatic heterocycles. The van der Waals surface area contributed by atoms with E-state index >= 15 is 0 Å². The molecule has 0 aliphatic carbocycles. The highest BCUT2D eigenvalue weighted by Gasteiger charge is 2.35. The van der Waals surface area contributed by atoms with E-state index in [2.05, 4.69) is 0 Å². The maximum absolute atomic E-state index is 12.7. The fourth-order valence-electron chi connectivity index (χ4n) is 2.22. The fourth-order valence-corrected chi connectivity index (χ4v) is 2.22. The third-order valence-corrected chi connectivity index (χ3v) is 3.70. The van der Waals surface area contributed by atoms with Gasteiger partial charge in [0.15, 0.2) is 0 Å². The van der Waals surface area contributed by atoms with Crippen LogP contribution in [0.25, 0.3) is 0 Å². The van der Waals surface area contributed by atoms with Crippen molar-refractivity contribution >= 4 is 11.4 Å². The number of aliphatic hydroxyl groups is 5. The first kappa shape index (κ1) is 22.1. The quantitative estimate of drug-likeness (QED) is 0.297. The van der Waals surface area contributed by atoms with Crippen LogP contribution in [0.3, 0.4) is 0 Å². The van der Waals surface area contributed by atoms with Gasteiger partial charge in [0, 0.05) is 19.7 Å². The van der Waals surface area contributed by atoms with Crippen LogP contribution in [-0.2, 0) is 6.18 Å². The normalized spacial score (nSPS) is 16.7. The molecule has 0 unspecified atom stereocenters. The summed E-state index contributed by atoms with van der Waals surface area (Å²) in [6.07, 6.45) is -12.0. The Morgan fingerprint density at radius 3 is 2.15 bits per heavy atom. The number of rotatable bonds is 8. The zero-order valence-corrected chi connectivity index (χ0v) is 13.5. The number of nitrogens with zero attached hydrogens (tertiary/aromatic N) is 2. The molecular formula is C14H19F3N2O7.